The summed E-state index contributed by atoms with van der Waals surface area (Å²) >= 11 is 0. The van der Waals surface area contributed by atoms with E-state index in [9.17, 15) is 0 Å². The number of aryl methyl sites for hydroxylation is 2. The van der Waals surface area contributed by atoms with Crippen LogP contribution in [0.15, 0.2) is 0 Å². The summed E-state index contributed by atoms with van der Waals surface area (Å²) in [6.45, 7) is 10.0. The van der Waals surface area contributed by atoms with Crippen LogP contribution in [0, 0.1) is 13.8 Å². The first-order chi connectivity index (χ1) is 6.09. The molecule has 0 aliphatic heterocycles. The minimum absolute atomic E-state index is 0.532. The van der Waals surface area contributed by atoms with Crippen molar-refractivity contribution in [2.45, 2.75) is 40.3 Å². The van der Waals surface area contributed by atoms with Gasteiger partial charge in [0.2, 0.25) is 0 Å². The van der Waals surface area contributed by atoms with Gasteiger partial charge in [-0.3, -0.25) is 0 Å². The monoisotopic (exact) mass is 182 g/mol. The lowest BCUT2D eigenvalue weighted by Gasteiger charge is -2.07. The standard InChI is InChI=1S/C9H18N4/c1-7(2)10-5-6-13-9(4)11-8(3)12-13/h7,10H,5-6H2,1-4H3. The second kappa shape index (κ2) is 4.37. The van der Waals surface area contributed by atoms with E-state index in [-0.39, 0.29) is 0 Å². The topological polar surface area (TPSA) is 42.7 Å². The Kier molecular flexibility index (Phi) is 3.42. The molecule has 0 bridgehead atoms. The molecule has 0 aliphatic carbocycles. The number of hydrogen-bond acceptors (Lipinski definition) is 3. The lowest BCUT2D eigenvalue weighted by Crippen LogP contribution is -2.27. The van der Waals surface area contributed by atoms with Crippen LogP contribution in [0.4, 0.5) is 0 Å². The van der Waals surface area contributed by atoms with Crippen molar-refractivity contribution in [3.05, 3.63) is 11.6 Å². The molecule has 0 aliphatic rings. The second-order valence-corrected chi connectivity index (χ2v) is 3.54. The second-order valence-electron chi connectivity index (χ2n) is 3.54. The highest BCUT2D eigenvalue weighted by atomic mass is 15.3. The number of hydrogen-bond donors (Lipinski definition) is 1. The van der Waals surface area contributed by atoms with Gasteiger partial charge in [0, 0.05) is 12.6 Å². The van der Waals surface area contributed by atoms with Crippen molar-refractivity contribution in [2.24, 2.45) is 0 Å². The predicted molar refractivity (Wildman–Crippen MR) is 52.6 cm³/mol. The Morgan fingerprint density at radius 1 is 1.38 bits per heavy atom. The van der Waals surface area contributed by atoms with E-state index in [4.69, 9.17) is 0 Å². The molecule has 0 saturated carbocycles. The fourth-order valence-corrected chi connectivity index (χ4v) is 1.23. The molecule has 0 unspecified atom stereocenters. The van der Waals surface area contributed by atoms with Crippen LogP contribution in [-0.4, -0.2) is 27.4 Å². The smallest absolute Gasteiger partial charge is 0.147 e. The molecule has 0 fully saturated rings. The van der Waals surface area contributed by atoms with E-state index in [1.807, 2.05) is 18.5 Å². The van der Waals surface area contributed by atoms with Gasteiger partial charge in [-0.1, -0.05) is 13.8 Å². The van der Waals surface area contributed by atoms with Crippen molar-refractivity contribution in [1.82, 2.24) is 20.1 Å². The van der Waals surface area contributed by atoms with Gasteiger partial charge in [-0.25, -0.2) is 9.67 Å². The highest BCUT2D eigenvalue weighted by molar-refractivity contribution is 4.87. The van der Waals surface area contributed by atoms with Gasteiger partial charge < -0.3 is 5.32 Å². The van der Waals surface area contributed by atoms with E-state index in [1.165, 1.54) is 0 Å². The summed E-state index contributed by atoms with van der Waals surface area (Å²) in [6.07, 6.45) is 0. The largest absolute Gasteiger partial charge is 0.313 e. The van der Waals surface area contributed by atoms with Crippen LogP contribution in [0.1, 0.15) is 25.5 Å². The molecule has 0 radical (unpaired) electrons. The van der Waals surface area contributed by atoms with Crippen LogP contribution < -0.4 is 5.32 Å². The summed E-state index contributed by atoms with van der Waals surface area (Å²) in [5.41, 5.74) is 0. The van der Waals surface area contributed by atoms with Crippen molar-refractivity contribution in [2.75, 3.05) is 6.54 Å². The van der Waals surface area contributed by atoms with Gasteiger partial charge >= 0.3 is 0 Å². The van der Waals surface area contributed by atoms with Crippen LogP contribution in [0.25, 0.3) is 0 Å². The van der Waals surface area contributed by atoms with E-state index in [0.717, 1.165) is 24.7 Å². The summed E-state index contributed by atoms with van der Waals surface area (Å²) < 4.78 is 1.94. The van der Waals surface area contributed by atoms with Gasteiger partial charge in [-0.2, -0.15) is 5.10 Å². The average molecular weight is 182 g/mol. The van der Waals surface area contributed by atoms with E-state index in [2.05, 4.69) is 29.2 Å². The minimum Gasteiger partial charge on any atom is -0.313 e. The van der Waals surface area contributed by atoms with Crippen molar-refractivity contribution in [1.29, 1.82) is 0 Å². The van der Waals surface area contributed by atoms with E-state index in [0.29, 0.717) is 6.04 Å². The van der Waals surface area contributed by atoms with E-state index >= 15 is 0 Å². The van der Waals surface area contributed by atoms with Gasteiger partial charge in [-0.05, 0) is 13.8 Å². The third-order valence-corrected chi connectivity index (χ3v) is 1.84. The van der Waals surface area contributed by atoms with Crippen LogP contribution in [0.2, 0.25) is 0 Å². The molecule has 13 heavy (non-hydrogen) atoms. The average Bonchev–Trinajstić information content (AvgIpc) is 2.29. The van der Waals surface area contributed by atoms with Gasteiger partial charge in [0.25, 0.3) is 0 Å². The highest BCUT2D eigenvalue weighted by Crippen LogP contribution is 1.94. The van der Waals surface area contributed by atoms with Crippen molar-refractivity contribution < 1.29 is 0 Å². The lowest BCUT2D eigenvalue weighted by molar-refractivity contribution is 0.506. The van der Waals surface area contributed by atoms with E-state index in [1.54, 1.807) is 0 Å². The minimum atomic E-state index is 0.532. The fourth-order valence-electron chi connectivity index (χ4n) is 1.23. The predicted octanol–water partition coefficient (Wildman–Crippen LogP) is 0.893. The summed E-state index contributed by atoms with van der Waals surface area (Å²) in [6, 6.07) is 0.532. The molecule has 1 rings (SSSR count). The summed E-state index contributed by atoms with van der Waals surface area (Å²) in [7, 11) is 0. The Morgan fingerprint density at radius 3 is 2.54 bits per heavy atom. The maximum Gasteiger partial charge on any atom is 0.147 e. The van der Waals surface area contributed by atoms with Crippen LogP contribution in [0.5, 0.6) is 0 Å². The Morgan fingerprint density at radius 2 is 2.08 bits per heavy atom. The fraction of sp³-hybridized carbons (Fsp3) is 0.778. The SMILES string of the molecule is Cc1nc(C)n(CCNC(C)C)n1. The van der Waals surface area contributed by atoms with Crippen molar-refractivity contribution >= 4 is 0 Å². The maximum atomic E-state index is 4.27. The lowest BCUT2D eigenvalue weighted by atomic mass is 10.4. The van der Waals surface area contributed by atoms with Crippen LogP contribution in [-0.2, 0) is 6.54 Å². The number of nitrogens with zero attached hydrogens (tertiary/aromatic N) is 3. The molecule has 0 aromatic carbocycles. The Bertz CT molecular complexity index is 265. The number of aromatic nitrogens is 3. The zero-order valence-electron chi connectivity index (χ0n) is 8.83. The van der Waals surface area contributed by atoms with Gasteiger partial charge in [0.15, 0.2) is 0 Å². The summed E-state index contributed by atoms with van der Waals surface area (Å²) in [5.74, 6) is 1.84. The molecule has 4 nitrogen and oxygen atoms in total. The third kappa shape index (κ3) is 3.14. The molecule has 0 saturated heterocycles. The van der Waals surface area contributed by atoms with Gasteiger partial charge in [0.05, 0.1) is 6.54 Å². The van der Waals surface area contributed by atoms with Gasteiger partial charge in [0.1, 0.15) is 11.6 Å². The molecular formula is C9H18N4. The summed E-state index contributed by atoms with van der Waals surface area (Å²) in [4.78, 5) is 4.23. The molecule has 1 aromatic heterocycles. The molecule has 4 heteroatoms. The molecule has 74 valence electrons. The van der Waals surface area contributed by atoms with Crippen LogP contribution >= 0.6 is 0 Å². The highest BCUT2D eigenvalue weighted by Gasteiger charge is 2.01. The Hall–Kier alpha value is -0.900. The molecular weight excluding hydrogens is 164 g/mol. The first-order valence-electron chi connectivity index (χ1n) is 4.71. The number of nitrogens with one attached hydrogen (secondary N) is 1. The molecule has 0 atom stereocenters. The first-order valence-corrected chi connectivity index (χ1v) is 4.71. The zero-order valence-corrected chi connectivity index (χ0v) is 8.83. The Labute approximate surface area is 79.4 Å². The quantitative estimate of drug-likeness (QED) is 0.752. The summed E-state index contributed by atoms with van der Waals surface area (Å²) in [5, 5.41) is 7.61. The van der Waals surface area contributed by atoms with Gasteiger partial charge in [-0.15, -0.1) is 0 Å². The molecule has 0 spiro atoms. The molecule has 1 N–H and O–H groups in total. The first kappa shape index (κ1) is 10.2. The molecule has 0 amide bonds. The van der Waals surface area contributed by atoms with E-state index < -0.39 is 0 Å². The van der Waals surface area contributed by atoms with Crippen LogP contribution in [0.3, 0.4) is 0 Å². The molecule has 1 heterocycles. The van der Waals surface area contributed by atoms with Crippen molar-refractivity contribution in [3.8, 4) is 0 Å². The maximum absolute atomic E-state index is 4.27. The normalized spacial score (nSPS) is 11.2. The zero-order chi connectivity index (χ0) is 9.84. The van der Waals surface area contributed by atoms with Crippen molar-refractivity contribution in [3.63, 3.8) is 0 Å². The third-order valence-electron chi connectivity index (χ3n) is 1.84. The Balaban J connectivity index is 2.40. The number of rotatable bonds is 4. The molecule has 1 aromatic rings.